The second kappa shape index (κ2) is 6.68. The highest BCUT2D eigenvalue weighted by molar-refractivity contribution is 5.77. The van der Waals surface area contributed by atoms with Crippen molar-refractivity contribution in [3.05, 3.63) is 35.4 Å². The summed E-state index contributed by atoms with van der Waals surface area (Å²) < 4.78 is 0. The molecule has 1 amide bonds. The average Bonchev–Trinajstić information content (AvgIpc) is 2.82. The number of hydrogen-bond donors (Lipinski definition) is 2. The zero-order valence-corrected chi connectivity index (χ0v) is 11.1. The number of carbonyl (C=O) groups is 1. The first-order valence-corrected chi connectivity index (χ1v) is 6.83. The summed E-state index contributed by atoms with van der Waals surface area (Å²) >= 11 is 0. The molecule has 4 nitrogen and oxygen atoms in total. The van der Waals surface area contributed by atoms with E-state index in [2.05, 4.69) is 12.1 Å². The van der Waals surface area contributed by atoms with Crippen molar-refractivity contribution in [2.24, 2.45) is 0 Å². The lowest BCUT2D eigenvalue weighted by molar-refractivity contribution is -0.132. The molecule has 0 radical (unpaired) electrons. The van der Waals surface area contributed by atoms with E-state index in [1.165, 1.54) is 11.1 Å². The first kappa shape index (κ1) is 14.0. The van der Waals surface area contributed by atoms with E-state index in [9.17, 15) is 4.79 Å². The van der Waals surface area contributed by atoms with Crippen LogP contribution in [0.3, 0.4) is 0 Å². The summed E-state index contributed by atoms with van der Waals surface area (Å²) in [5.74, 6) is 0.299. The third kappa shape index (κ3) is 3.33. The van der Waals surface area contributed by atoms with Gasteiger partial charge in [0.25, 0.3) is 0 Å². The molecular formula is C15H21NO3. The van der Waals surface area contributed by atoms with Gasteiger partial charge in [-0.3, -0.25) is 4.79 Å². The van der Waals surface area contributed by atoms with E-state index in [1.54, 1.807) is 4.90 Å². The largest absolute Gasteiger partial charge is 0.395 e. The molecule has 0 saturated carbocycles. The second-order valence-electron chi connectivity index (χ2n) is 4.97. The molecule has 0 spiro atoms. The van der Waals surface area contributed by atoms with Crippen LogP contribution in [0, 0.1) is 0 Å². The van der Waals surface area contributed by atoms with Gasteiger partial charge in [0.05, 0.1) is 13.2 Å². The van der Waals surface area contributed by atoms with Gasteiger partial charge in [-0.1, -0.05) is 24.3 Å². The predicted octanol–water partition coefficient (Wildman–Crippen LogP) is 0.920. The highest BCUT2D eigenvalue weighted by atomic mass is 16.3. The Bertz CT molecular complexity index is 427. The minimum Gasteiger partial charge on any atom is -0.395 e. The molecule has 0 aromatic heterocycles. The second-order valence-corrected chi connectivity index (χ2v) is 4.97. The third-order valence-electron chi connectivity index (χ3n) is 3.77. The summed E-state index contributed by atoms with van der Waals surface area (Å²) in [5.41, 5.74) is 2.62. The molecule has 2 N–H and O–H groups in total. The number of nitrogens with zero attached hydrogens (tertiary/aromatic N) is 1. The topological polar surface area (TPSA) is 60.8 Å². The van der Waals surface area contributed by atoms with Crippen molar-refractivity contribution in [2.45, 2.75) is 25.2 Å². The molecule has 0 bridgehead atoms. The number of amides is 1. The van der Waals surface area contributed by atoms with Crippen LogP contribution in [0.1, 0.15) is 29.9 Å². The molecule has 1 aromatic rings. The normalized spacial score (nSPS) is 17.3. The van der Waals surface area contributed by atoms with E-state index in [4.69, 9.17) is 10.2 Å². The van der Waals surface area contributed by atoms with Gasteiger partial charge in [-0.25, -0.2) is 0 Å². The maximum Gasteiger partial charge on any atom is 0.223 e. The molecule has 0 fully saturated rings. The summed E-state index contributed by atoms with van der Waals surface area (Å²) in [4.78, 5) is 13.7. The van der Waals surface area contributed by atoms with Crippen molar-refractivity contribution in [1.82, 2.24) is 4.90 Å². The minimum atomic E-state index is -0.0625. The van der Waals surface area contributed by atoms with Gasteiger partial charge in [0.15, 0.2) is 0 Å². The lowest BCUT2D eigenvalue weighted by Crippen LogP contribution is -2.36. The molecule has 19 heavy (non-hydrogen) atoms. The van der Waals surface area contributed by atoms with Gasteiger partial charge in [-0.15, -0.1) is 0 Å². The quantitative estimate of drug-likeness (QED) is 0.802. The number of fused-ring (bicyclic) bond motifs is 1. The summed E-state index contributed by atoms with van der Waals surface area (Å²) in [6.45, 7) is 0.474. The summed E-state index contributed by atoms with van der Waals surface area (Å²) in [7, 11) is 0. The van der Waals surface area contributed by atoms with Crippen LogP contribution < -0.4 is 0 Å². The van der Waals surface area contributed by atoms with Crippen molar-refractivity contribution in [2.75, 3.05) is 26.3 Å². The maximum absolute atomic E-state index is 12.2. The van der Waals surface area contributed by atoms with Crippen LogP contribution in [0.15, 0.2) is 24.3 Å². The smallest absolute Gasteiger partial charge is 0.223 e. The third-order valence-corrected chi connectivity index (χ3v) is 3.77. The summed E-state index contributed by atoms with van der Waals surface area (Å²) in [6.07, 6.45) is 2.52. The lowest BCUT2D eigenvalue weighted by Gasteiger charge is -2.22. The van der Waals surface area contributed by atoms with Gasteiger partial charge < -0.3 is 15.1 Å². The van der Waals surface area contributed by atoms with Crippen LogP contribution >= 0.6 is 0 Å². The van der Waals surface area contributed by atoms with Gasteiger partial charge >= 0.3 is 0 Å². The SMILES string of the molecule is O=C(CC1CCc2ccccc21)N(CCO)CCO. The van der Waals surface area contributed by atoms with Crippen molar-refractivity contribution < 1.29 is 15.0 Å². The number of hydrogen-bond acceptors (Lipinski definition) is 3. The number of aryl methyl sites for hydroxylation is 1. The zero-order valence-electron chi connectivity index (χ0n) is 11.1. The van der Waals surface area contributed by atoms with Gasteiger partial charge in [0.2, 0.25) is 5.91 Å². The molecule has 1 aliphatic carbocycles. The molecule has 1 aromatic carbocycles. The molecule has 1 aliphatic rings. The van der Waals surface area contributed by atoms with Crippen LogP contribution in [-0.4, -0.2) is 47.3 Å². The highest BCUT2D eigenvalue weighted by Crippen LogP contribution is 2.35. The monoisotopic (exact) mass is 263 g/mol. The zero-order chi connectivity index (χ0) is 13.7. The predicted molar refractivity (Wildman–Crippen MR) is 72.9 cm³/mol. The van der Waals surface area contributed by atoms with Crippen molar-refractivity contribution in [3.63, 3.8) is 0 Å². The van der Waals surface area contributed by atoms with E-state index in [0.29, 0.717) is 19.5 Å². The Labute approximate surface area is 113 Å². The Hall–Kier alpha value is -1.39. The van der Waals surface area contributed by atoms with Crippen molar-refractivity contribution in [1.29, 1.82) is 0 Å². The molecule has 0 saturated heterocycles. The number of rotatable bonds is 6. The van der Waals surface area contributed by atoms with E-state index in [1.807, 2.05) is 12.1 Å². The van der Waals surface area contributed by atoms with Crippen LogP contribution in [-0.2, 0) is 11.2 Å². The molecule has 2 rings (SSSR count). The van der Waals surface area contributed by atoms with Gasteiger partial charge in [-0.2, -0.15) is 0 Å². The van der Waals surface area contributed by atoms with Gasteiger partial charge in [0.1, 0.15) is 0 Å². The Kier molecular flexibility index (Phi) is 4.93. The molecule has 104 valence electrons. The fraction of sp³-hybridized carbons (Fsp3) is 0.533. The Morgan fingerprint density at radius 2 is 1.89 bits per heavy atom. The Morgan fingerprint density at radius 3 is 2.58 bits per heavy atom. The number of benzene rings is 1. The lowest BCUT2D eigenvalue weighted by atomic mass is 9.97. The Balaban J connectivity index is 1.99. The van der Waals surface area contributed by atoms with E-state index < -0.39 is 0 Å². The standard InChI is InChI=1S/C15H21NO3/c17-9-7-16(8-10-18)15(19)11-13-6-5-12-3-1-2-4-14(12)13/h1-4,13,17-18H,5-11H2. The van der Waals surface area contributed by atoms with Crippen molar-refractivity contribution >= 4 is 5.91 Å². The summed E-state index contributed by atoms with van der Waals surface area (Å²) in [5, 5.41) is 17.9. The number of aliphatic hydroxyl groups excluding tert-OH is 2. The van der Waals surface area contributed by atoms with Crippen LogP contribution in [0.25, 0.3) is 0 Å². The maximum atomic E-state index is 12.2. The Morgan fingerprint density at radius 1 is 1.21 bits per heavy atom. The fourth-order valence-electron chi connectivity index (χ4n) is 2.80. The molecular weight excluding hydrogens is 242 g/mol. The minimum absolute atomic E-state index is 0.0183. The molecule has 1 unspecified atom stereocenters. The highest BCUT2D eigenvalue weighted by Gasteiger charge is 2.26. The average molecular weight is 263 g/mol. The van der Waals surface area contributed by atoms with Crippen LogP contribution in [0.4, 0.5) is 0 Å². The fourth-order valence-corrected chi connectivity index (χ4v) is 2.80. The summed E-state index contributed by atoms with van der Waals surface area (Å²) in [6, 6.07) is 8.27. The van der Waals surface area contributed by atoms with E-state index in [0.717, 1.165) is 12.8 Å². The molecule has 4 heteroatoms. The van der Waals surface area contributed by atoms with E-state index >= 15 is 0 Å². The van der Waals surface area contributed by atoms with Gasteiger partial charge in [0, 0.05) is 19.5 Å². The molecule has 0 heterocycles. The van der Waals surface area contributed by atoms with Crippen LogP contribution in [0.2, 0.25) is 0 Å². The van der Waals surface area contributed by atoms with Gasteiger partial charge in [-0.05, 0) is 29.9 Å². The first-order valence-electron chi connectivity index (χ1n) is 6.83. The number of carbonyl (C=O) groups excluding carboxylic acids is 1. The molecule has 0 aliphatic heterocycles. The van der Waals surface area contributed by atoms with Crippen LogP contribution in [0.5, 0.6) is 0 Å². The number of aliphatic hydroxyl groups is 2. The molecule has 1 atom stereocenters. The first-order chi connectivity index (χ1) is 9.26. The van der Waals surface area contributed by atoms with E-state index in [-0.39, 0.29) is 25.0 Å². The van der Waals surface area contributed by atoms with Crippen molar-refractivity contribution in [3.8, 4) is 0 Å².